The molecule has 1 aromatic heterocycles. The number of hydrogen-bond acceptors (Lipinski definition) is 4. The highest BCUT2D eigenvalue weighted by molar-refractivity contribution is 7.15. The summed E-state index contributed by atoms with van der Waals surface area (Å²) in [4.78, 5) is 18.1. The molecule has 0 amide bonds. The molecule has 4 nitrogen and oxygen atoms in total. The molecule has 2 rings (SSSR count). The Hall–Kier alpha value is -1.88. The fraction of sp³-hybridized carbons (Fsp3) is 0.286. The monoisotopic (exact) mass is 276 g/mol. The summed E-state index contributed by atoms with van der Waals surface area (Å²) in [6, 6.07) is 8.18. The van der Waals surface area contributed by atoms with E-state index >= 15 is 0 Å². The largest absolute Gasteiger partial charge is 0.481 e. The zero-order valence-corrected chi connectivity index (χ0v) is 12.0. The van der Waals surface area contributed by atoms with E-state index in [2.05, 4.69) is 4.98 Å². The van der Waals surface area contributed by atoms with Gasteiger partial charge in [-0.1, -0.05) is 12.1 Å². The molecule has 100 valence electrons. The van der Waals surface area contributed by atoms with E-state index in [1.165, 1.54) is 11.3 Å². The lowest BCUT2D eigenvalue weighted by atomic mass is 10.1. The minimum absolute atomic E-state index is 0.0126. The van der Waals surface area contributed by atoms with Crippen LogP contribution in [0.4, 0.5) is 5.69 Å². The van der Waals surface area contributed by atoms with Crippen LogP contribution in [0.5, 0.6) is 0 Å². The number of anilines is 1. The van der Waals surface area contributed by atoms with Gasteiger partial charge >= 0.3 is 5.97 Å². The Bertz CT molecular complexity index is 588. The van der Waals surface area contributed by atoms with Crippen LogP contribution in [-0.2, 0) is 11.2 Å². The number of hydrogen-bond donors (Lipinski definition) is 1. The number of carboxylic acids is 1. The van der Waals surface area contributed by atoms with Crippen molar-refractivity contribution in [2.75, 3.05) is 19.0 Å². The van der Waals surface area contributed by atoms with Crippen molar-refractivity contribution in [1.82, 2.24) is 4.98 Å². The van der Waals surface area contributed by atoms with Gasteiger partial charge in [-0.2, -0.15) is 0 Å². The molecule has 0 saturated heterocycles. The van der Waals surface area contributed by atoms with Crippen molar-refractivity contribution in [2.24, 2.45) is 0 Å². The third-order valence-electron chi connectivity index (χ3n) is 2.79. The molecule has 2 aromatic rings. The fourth-order valence-electron chi connectivity index (χ4n) is 1.84. The van der Waals surface area contributed by atoms with Gasteiger partial charge in [-0.25, -0.2) is 4.98 Å². The van der Waals surface area contributed by atoms with E-state index in [1.54, 1.807) is 0 Å². The van der Waals surface area contributed by atoms with Crippen molar-refractivity contribution >= 4 is 23.0 Å². The lowest BCUT2D eigenvalue weighted by molar-refractivity contribution is -0.136. The summed E-state index contributed by atoms with van der Waals surface area (Å²) in [5, 5.41) is 9.45. The first-order chi connectivity index (χ1) is 8.97. The van der Waals surface area contributed by atoms with Crippen molar-refractivity contribution in [3.8, 4) is 10.4 Å². The molecule has 0 spiro atoms. The standard InChI is InChI=1S/C14H16N2O2S/c1-9-14(19-12(15-9)8-13(17)18)10-4-6-11(7-5-10)16(2)3/h4-7H,8H2,1-3H3,(H,17,18). The predicted molar refractivity (Wildman–Crippen MR) is 78.0 cm³/mol. The lowest BCUT2D eigenvalue weighted by Crippen LogP contribution is -2.07. The minimum atomic E-state index is -0.844. The summed E-state index contributed by atoms with van der Waals surface area (Å²) in [6.45, 7) is 1.91. The molecule has 1 aromatic carbocycles. The van der Waals surface area contributed by atoms with Gasteiger partial charge in [0.2, 0.25) is 0 Å². The van der Waals surface area contributed by atoms with Gasteiger partial charge in [0.1, 0.15) is 5.01 Å². The first-order valence-electron chi connectivity index (χ1n) is 5.93. The minimum Gasteiger partial charge on any atom is -0.481 e. The first-order valence-corrected chi connectivity index (χ1v) is 6.75. The molecule has 0 atom stereocenters. The van der Waals surface area contributed by atoms with Gasteiger partial charge < -0.3 is 10.0 Å². The summed E-state index contributed by atoms with van der Waals surface area (Å²) < 4.78 is 0. The van der Waals surface area contributed by atoms with Crippen molar-refractivity contribution in [1.29, 1.82) is 0 Å². The Balaban J connectivity index is 2.30. The molecule has 0 saturated carbocycles. The van der Waals surface area contributed by atoms with Crippen LogP contribution in [0.1, 0.15) is 10.7 Å². The second-order valence-corrected chi connectivity index (χ2v) is 5.62. The molecule has 0 unspecified atom stereocenters. The van der Waals surface area contributed by atoms with Crippen LogP contribution in [0, 0.1) is 6.92 Å². The van der Waals surface area contributed by atoms with Gasteiger partial charge in [0.25, 0.3) is 0 Å². The summed E-state index contributed by atoms with van der Waals surface area (Å²) in [7, 11) is 4.00. The number of aliphatic carboxylic acids is 1. The average molecular weight is 276 g/mol. The number of thiazole rings is 1. The van der Waals surface area contributed by atoms with Gasteiger partial charge in [-0.15, -0.1) is 11.3 Å². The zero-order chi connectivity index (χ0) is 14.0. The Morgan fingerprint density at radius 1 is 1.32 bits per heavy atom. The Morgan fingerprint density at radius 3 is 2.47 bits per heavy atom. The van der Waals surface area contributed by atoms with E-state index in [9.17, 15) is 4.79 Å². The highest BCUT2D eigenvalue weighted by Gasteiger charge is 2.12. The molecule has 0 fully saturated rings. The summed E-state index contributed by atoms with van der Waals surface area (Å²) in [6.07, 6.45) is -0.0126. The third kappa shape index (κ3) is 3.12. The van der Waals surface area contributed by atoms with Crippen molar-refractivity contribution in [3.05, 3.63) is 35.0 Å². The van der Waals surface area contributed by atoms with Crippen molar-refractivity contribution < 1.29 is 9.90 Å². The maximum Gasteiger partial charge on any atom is 0.310 e. The SMILES string of the molecule is Cc1nc(CC(=O)O)sc1-c1ccc(N(C)C)cc1. The molecule has 1 N–H and O–H groups in total. The number of carboxylic acid groups (broad SMARTS) is 1. The highest BCUT2D eigenvalue weighted by atomic mass is 32.1. The van der Waals surface area contributed by atoms with E-state index in [0.717, 1.165) is 21.8 Å². The quantitative estimate of drug-likeness (QED) is 0.933. The third-order valence-corrected chi connectivity index (χ3v) is 4.00. The maximum atomic E-state index is 10.7. The molecular formula is C14H16N2O2S. The second-order valence-electron chi connectivity index (χ2n) is 4.53. The number of carbonyl (C=O) groups is 1. The van der Waals surface area contributed by atoms with E-state index in [4.69, 9.17) is 5.11 Å². The van der Waals surface area contributed by atoms with Crippen LogP contribution < -0.4 is 4.90 Å². The summed E-state index contributed by atoms with van der Waals surface area (Å²) in [5.41, 5.74) is 3.10. The van der Waals surface area contributed by atoms with Crippen molar-refractivity contribution in [3.63, 3.8) is 0 Å². The Morgan fingerprint density at radius 2 is 1.95 bits per heavy atom. The topological polar surface area (TPSA) is 53.4 Å². The van der Waals surface area contributed by atoms with Gasteiger partial charge in [0.15, 0.2) is 0 Å². The molecule has 0 aliphatic rings. The summed E-state index contributed by atoms with van der Waals surface area (Å²) >= 11 is 1.45. The number of nitrogens with zero attached hydrogens (tertiary/aromatic N) is 2. The number of aromatic nitrogens is 1. The van der Waals surface area contributed by atoms with Gasteiger partial charge in [-0.3, -0.25) is 4.79 Å². The van der Waals surface area contributed by atoms with Crippen LogP contribution in [0.2, 0.25) is 0 Å². The highest BCUT2D eigenvalue weighted by Crippen LogP contribution is 2.31. The maximum absolute atomic E-state index is 10.7. The smallest absolute Gasteiger partial charge is 0.310 e. The molecule has 0 bridgehead atoms. The second kappa shape index (κ2) is 5.40. The lowest BCUT2D eigenvalue weighted by Gasteiger charge is -2.12. The van der Waals surface area contributed by atoms with E-state index < -0.39 is 5.97 Å². The van der Waals surface area contributed by atoms with Crippen molar-refractivity contribution in [2.45, 2.75) is 13.3 Å². The predicted octanol–water partition coefficient (Wildman–Crippen LogP) is 2.81. The first kappa shape index (κ1) is 13.5. The van der Waals surface area contributed by atoms with E-state index in [-0.39, 0.29) is 6.42 Å². The molecule has 0 radical (unpaired) electrons. The Kier molecular flexibility index (Phi) is 3.85. The van der Waals surface area contributed by atoms with Crippen LogP contribution in [0.15, 0.2) is 24.3 Å². The average Bonchev–Trinajstić information content (AvgIpc) is 2.69. The Labute approximate surface area is 116 Å². The van der Waals surface area contributed by atoms with Gasteiger partial charge in [0, 0.05) is 19.8 Å². The number of benzene rings is 1. The van der Waals surface area contributed by atoms with Crippen LogP contribution in [0.3, 0.4) is 0 Å². The van der Waals surface area contributed by atoms with Gasteiger partial charge in [0.05, 0.1) is 17.0 Å². The molecule has 0 aliphatic heterocycles. The zero-order valence-electron chi connectivity index (χ0n) is 11.2. The van der Waals surface area contributed by atoms with Crippen LogP contribution >= 0.6 is 11.3 Å². The number of rotatable bonds is 4. The summed E-state index contributed by atoms with van der Waals surface area (Å²) in [5.74, 6) is -0.844. The van der Waals surface area contributed by atoms with Crippen LogP contribution in [-0.4, -0.2) is 30.2 Å². The number of aryl methyl sites for hydroxylation is 1. The molecule has 0 aliphatic carbocycles. The molecule has 5 heteroatoms. The van der Waals surface area contributed by atoms with Crippen LogP contribution in [0.25, 0.3) is 10.4 Å². The fourth-order valence-corrected chi connectivity index (χ4v) is 2.90. The van der Waals surface area contributed by atoms with Gasteiger partial charge in [-0.05, 0) is 24.6 Å². The molecule has 1 heterocycles. The van der Waals surface area contributed by atoms with E-state index in [0.29, 0.717) is 5.01 Å². The van der Waals surface area contributed by atoms with E-state index in [1.807, 2.05) is 50.2 Å². The molecular weight excluding hydrogens is 260 g/mol. The molecule has 19 heavy (non-hydrogen) atoms. The normalized spacial score (nSPS) is 10.5.